The summed E-state index contributed by atoms with van der Waals surface area (Å²) in [6.07, 6.45) is 11.7. The van der Waals surface area contributed by atoms with Crippen LogP contribution in [0.4, 0.5) is 0 Å². The summed E-state index contributed by atoms with van der Waals surface area (Å²) in [5, 5.41) is 0. The maximum absolute atomic E-state index is 11.6. The molecule has 0 saturated carbocycles. The highest BCUT2D eigenvalue weighted by molar-refractivity contribution is 5.73. The Labute approximate surface area is 152 Å². The standard InChI is InChI=1S/C22H32O3/c1-15(2)19-10-12-22(5)11-9-18(14-23)8-6-7-16(3)21(13-20(19)22)25-17(4)24/h7,9-10,14-15,20-21H,6,8,11-13H2,1-5H3/b16-7?,18-9+/t20-,21+,22-/m1/s1. The maximum Gasteiger partial charge on any atom is 0.303 e. The van der Waals surface area contributed by atoms with Crippen molar-refractivity contribution in [2.45, 2.75) is 72.8 Å². The summed E-state index contributed by atoms with van der Waals surface area (Å²) in [5.74, 6) is 0.616. The van der Waals surface area contributed by atoms with Gasteiger partial charge < -0.3 is 4.74 Å². The zero-order chi connectivity index (χ0) is 18.6. The van der Waals surface area contributed by atoms with Crippen molar-refractivity contribution in [2.75, 3.05) is 0 Å². The Morgan fingerprint density at radius 3 is 2.56 bits per heavy atom. The molecule has 3 heteroatoms. The minimum atomic E-state index is -0.228. The van der Waals surface area contributed by atoms with Crippen LogP contribution in [0.5, 0.6) is 0 Å². The second-order valence-corrected chi connectivity index (χ2v) is 8.19. The quantitative estimate of drug-likeness (QED) is 0.403. The number of allylic oxidation sites excluding steroid dienone is 5. The predicted octanol–water partition coefficient (Wildman–Crippen LogP) is 5.17. The summed E-state index contributed by atoms with van der Waals surface area (Å²) in [6.45, 7) is 10.3. The highest BCUT2D eigenvalue weighted by atomic mass is 16.5. The fourth-order valence-electron chi connectivity index (χ4n) is 4.23. The molecule has 2 rings (SSSR count). The van der Waals surface area contributed by atoms with E-state index in [9.17, 15) is 9.59 Å². The van der Waals surface area contributed by atoms with Gasteiger partial charge in [-0.1, -0.05) is 44.6 Å². The first kappa shape index (κ1) is 19.7. The van der Waals surface area contributed by atoms with Crippen molar-refractivity contribution in [3.8, 4) is 0 Å². The van der Waals surface area contributed by atoms with E-state index < -0.39 is 0 Å². The van der Waals surface area contributed by atoms with Crippen LogP contribution in [0.25, 0.3) is 0 Å². The molecule has 0 unspecified atom stereocenters. The summed E-state index contributed by atoms with van der Waals surface area (Å²) in [5.41, 5.74) is 3.53. The number of aldehydes is 1. The van der Waals surface area contributed by atoms with Crippen LogP contribution >= 0.6 is 0 Å². The van der Waals surface area contributed by atoms with Gasteiger partial charge in [-0.2, -0.15) is 0 Å². The number of hydrogen-bond donors (Lipinski definition) is 0. The van der Waals surface area contributed by atoms with Crippen molar-refractivity contribution in [3.63, 3.8) is 0 Å². The first-order chi connectivity index (χ1) is 11.8. The Morgan fingerprint density at radius 2 is 1.96 bits per heavy atom. The molecule has 0 aromatic rings. The van der Waals surface area contributed by atoms with Crippen molar-refractivity contribution in [1.82, 2.24) is 0 Å². The van der Waals surface area contributed by atoms with Crippen LogP contribution in [0.3, 0.4) is 0 Å². The van der Waals surface area contributed by atoms with Gasteiger partial charge in [0.05, 0.1) is 0 Å². The third-order valence-electron chi connectivity index (χ3n) is 5.86. The molecule has 2 aliphatic rings. The second kappa shape index (κ2) is 8.16. The number of carbonyl (C=O) groups excluding carboxylic acids is 2. The number of fused-ring (bicyclic) bond motifs is 1. The van der Waals surface area contributed by atoms with Gasteiger partial charge in [0.25, 0.3) is 0 Å². The summed E-state index contributed by atoms with van der Waals surface area (Å²) in [6, 6.07) is 0. The molecular weight excluding hydrogens is 312 g/mol. The molecule has 138 valence electrons. The Morgan fingerprint density at radius 1 is 1.28 bits per heavy atom. The van der Waals surface area contributed by atoms with E-state index in [1.54, 1.807) is 0 Å². The number of rotatable bonds is 3. The Kier molecular flexibility index (Phi) is 6.42. The summed E-state index contributed by atoms with van der Waals surface area (Å²) >= 11 is 0. The van der Waals surface area contributed by atoms with Gasteiger partial charge in [0, 0.05) is 6.92 Å². The molecule has 3 atom stereocenters. The van der Waals surface area contributed by atoms with E-state index in [0.717, 1.165) is 49.5 Å². The molecule has 3 nitrogen and oxygen atoms in total. The van der Waals surface area contributed by atoms with Gasteiger partial charge in [0.2, 0.25) is 0 Å². The smallest absolute Gasteiger partial charge is 0.303 e. The van der Waals surface area contributed by atoms with E-state index in [1.807, 2.05) is 6.92 Å². The number of esters is 1. The molecule has 0 aromatic carbocycles. The van der Waals surface area contributed by atoms with Crippen LogP contribution in [0.15, 0.2) is 34.9 Å². The zero-order valence-electron chi connectivity index (χ0n) is 16.3. The van der Waals surface area contributed by atoms with Crippen LogP contribution in [0, 0.1) is 17.3 Å². The predicted molar refractivity (Wildman–Crippen MR) is 101 cm³/mol. The zero-order valence-corrected chi connectivity index (χ0v) is 16.3. The van der Waals surface area contributed by atoms with Gasteiger partial charge in [-0.3, -0.25) is 9.59 Å². The summed E-state index contributed by atoms with van der Waals surface area (Å²) in [7, 11) is 0. The number of ether oxygens (including phenoxy) is 1. The molecule has 0 fully saturated rings. The molecule has 0 spiro atoms. The van der Waals surface area contributed by atoms with E-state index in [-0.39, 0.29) is 17.5 Å². The first-order valence-electron chi connectivity index (χ1n) is 9.45. The molecule has 0 aliphatic heterocycles. The number of hydrogen-bond acceptors (Lipinski definition) is 3. The van der Waals surface area contributed by atoms with Crippen LogP contribution in [-0.2, 0) is 14.3 Å². The van der Waals surface area contributed by atoms with Crippen molar-refractivity contribution in [2.24, 2.45) is 17.3 Å². The van der Waals surface area contributed by atoms with Gasteiger partial charge in [-0.15, -0.1) is 0 Å². The second-order valence-electron chi connectivity index (χ2n) is 8.19. The summed E-state index contributed by atoms with van der Waals surface area (Å²) in [4.78, 5) is 23.0. The van der Waals surface area contributed by atoms with Crippen LogP contribution in [-0.4, -0.2) is 18.4 Å². The Hall–Kier alpha value is -1.64. The molecule has 0 radical (unpaired) electrons. The highest BCUT2D eigenvalue weighted by Gasteiger charge is 2.42. The molecular formula is C22H32O3. The van der Waals surface area contributed by atoms with Crippen LogP contribution in [0.1, 0.15) is 66.7 Å². The van der Waals surface area contributed by atoms with Gasteiger partial charge >= 0.3 is 5.97 Å². The Bertz CT molecular complexity index is 609. The van der Waals surface area contributed by atoms with Gasteiger partial charge in [-0.25, -0.2) is 0 Å². The molecule has 25 heavy (non-hydrogen) atoms. The average Bonchev–Trinajstić information content (AvgIpc) is 2.85. The molecule has 0 heterocycles. The van der Waals surface area contributed by atoms with E-state index in [2.05, 4.69) is 39.0 Å². The maximum atomic E-state index is 11.6. The van der Waals surface area contributed by atoms with Gasteiger partial charge in [0.15, 0.2) is 0 Å². The van der Waals surface area contributed by atoms with E-state index >= 15 is 0 Å². The number of carbonyl (C=O) groups is 2. The molecule has 0 N–H and O–H groups in total. The normalized spacial score (nSPS) is 32.6. The van der Waals surface area contributed by atoms with Crippen molar-refractivity contribution < 1.29 is 14.3 Å². The van der Waals surface area contributed by atoms with Crippen molar-refractivity contribution in [1.29, 1.82) is 0 Å². The summed E-state index contributed by atoms with van der Waals surface area (Å²) < 4.78 is 5.69. The molecule has 0 saturated heterocycles. The minimum Gasteiger partial charge on any atom is -0.458 e. The van der Waals surface area contributed by atoms with Crippen molar-refractivity contribution in [3.05, 3.63) is 34.9 Å². The Balaban J connectivity index is 2.42. The lowest BCUT2D eigenvalue weighted by molar-refractivity contribution is -0.145. The van der Waals surface area contributed by atoms with Crippen LogP contribution < -0.4 is 0 Å². The SMILES string of the molecule is CC(=O)O[C@H]1C[C@@H]2C(C(C)C)=CC[C@@]2(C)C/C=C(/C=O)CCC=C1C. The molecule has 0 bridgehead atoms. The van der Waals surface area contributed by atoms with E-state index in [0.29, 0.717) is 11.8 Å². The lowest BCUT2D eigenvalue weighted by atomic mass is 9.69. The molecule has 0 aromatic heterocycles. The van der Waals surface area contributed by atoms with E-state index in [4.69, 9.17) is 4.74 Å². The lowest BCUT2D eigenvalue weighted by Crippen LogP contribution is -2.31. The minimum absolute atomic E-state index is 0.0802. The van der Waals surface area contributed by atoms with Gasteiger partial charge in [0.1, 0.15) is 12.4 Å². The van der Waals surface area contributed by atoms with Gasteiger partial charge in [-0.05, 0) is 67.4 Å². The fraction of sp³-hybridized carbons (Fsp3) is 0.636. The van der Waals surface area contributed by atoms with Crippen LogP contribution in [0.2, 0.25) is 0 Å². The molecule has 0 amide bonds. The van der Waals surface area contributed by atoms with E-state index in [1.165, 1.54) is 12.5 Å². The average molecular weight is 344 g/mol. The largest absolute Gasteiger partial charge is 0.458 e. The van der Waals surface area contributed by atoms with Crippen molar-refractivity contribution >= 4 is 12.3 Å². The monoisotopic (exact) mass is 344 g/mol. The third-order valence-corrected chi connectivity index (χ3v) is 5.86. The topological polar surface area (TPSA) is 43.4 Å². The highest BCUT2D eigenvalue weighted by Crippen LogP contribution is 2.51. The molecule has 2 aliphatic carbocycles. The first-order valence-corrected chi connectivity index (χ1v) is 9.45. The fourth-order valence-corrected chi connectivity index (χ4v) is 4.23. The third kappa shape index (κ3) is 4.71. The lowest BCUT2D eigenvalue weighted by Gasteiger charge is -2.36.